The van der Waals surface area contributed by atoms with E-state index in [4.69, 9.17) is 4.74 Å². The molecule has 1 amide bonds. The first-order valence-corrected chi connectivity index (χ1v) is 7.80. The second-order valence-electron chi connectivity index (χ2n) is 4.66. The summed E-state index contributed by atoms with van der Waals surface area (Å²) in [6.07, 6.45) is 0.548. The lowest BCUT2D eigenvalue weighted by Gasteiger charge is -2.15. The van der Waals surface area contributed by atoms with Gasteiger partial charge in [-0.25, -0.2) is 4.79 Å². The summed E-state index contributed by atoms with van der Waals surface area (Å²) in [4.78, 5) is 23.5. The van der Waals surface area contributed by atoms with E-state index in [9.17, 15) is 14.7 Å². The molecular formula is C13H14Br2N2O4. The van der Waals surface area contributed by atoms with Gasteiger partial charge >= 0.3 is 5.97 Å². The molecule has 2 rings (SSSR count). The molecule has 1 aromatic rings. The van der Waals surface area contributed by atoms with E-state index in [2.05, 4.69) is 42.5 Å². The Balaban J connectivity index is 2.19. The van der Waals surface area contributed by atoms with Crippen LogP contribution in [0.5, 0.6) is 0 Å². The number of anilines is 1. The number of carboxylic acids is 1. The van der Waals surface area contributed by atoms with Crippen molar-refractivity contribution in [3.05, 3.63) is 26.6 Å². The van der Waals surface area contributed by atoms with E-state index in [1.165, 1.54) is 6.07 Å². The molecule has 1 aliphatic heterocycles. The molecule has 8 heteroatoms. The number of carboxylic acid groups (broad SMARTS) is 1. The van der Waals surface area contributed by atoms with Gasteiger partial charge in [-0.3, -0.25) is 4.79 Å². The SMILES string of the molecule is COC1CNC(C(=O)Nc2c(Br)cc(Br)cc2C(=O)O)C1. The van der Waals surface area contributed by atoms with Gasteiger partial charge in [-0.05, 0) is 34.5 Å². The van der Waals surface area contributed by atoms with Crippen LogP contribution in [0.25, 0.3) is 0 Å². The predicted molar refractivity (Wildman–Crippen MR) is 84.6 cm³/mol. The lowest BCUT2D eigenvalue weighted by molar-refractivity contribution is -0.118. The van der Waals surface area contributed by atoms with E-state index in [1.54, 1.807) is 13.2 Å². The number of nitrogens with one attached hydrogen (secondary N) is 2. The quantitative estimate of drug-likeness (QED) is 0.693. The van der Waals surface area contributed by atoms with Crippen molar-refractivity contribution in [3.8, 4) is 0 Å². The van der Waals surface area contributed by atoms with Gasteiger partial charge in [0.2, 0.25) is 5.91 Å². The molecule has 0 spiro atoms. The summed E-state index contributed by atoms with van der Waals surface area (Å²) >= 11 is 6.51. The molecule has 2 atom stereocenters. The summed E-state index contributed by atoms with van der Waals surface area (Å²) in [5.41, 5.74) is 0.268. The van der Waals surface area contributed by atoms with Crippen LogP contribution < -0.4 is 10.6 Å². The van der Waals surface area contributed by atoms with Crippen molar-refractivity contribution in [1.82, 2.24) is 5.32 Å². The first-order chi connectivity index (χ1) is 9.92. The number of aromatic carboxylic acids is 1. The van der Waals surface area contributed by atoms with E-state index in [0.717, 1.165) is 0 Å². The number of hydrogen-bond donors (Lipinski definition) is 3. The van der Waals surface area contributed by atoms with Gasteiger partial charge in [0.1, 0.15) is 0 Å². The van der Waals surface area contributed by atoms with Gasteiger partial charge in [-0.2, -0.15) is 0 Å². The van der Waals surface area contributed by atoms with Crippen LogP contribution in [0.1, 0.15) is 16.8 Å². The summed E-state index contributed by atoms with van der Waals surface area (Å²) in [6.45, 7) is 0.599. The van der Waals surface area contributed by atoms with Crippen LogP contribution in [0.3, 0.4) is 0 Å². The molecule has 2 unspecified atom stereocenters. The minimum Gasteiger partial charge on any atom is -0.478 e. The number of carbonyl (C=O) groups is 2. The molecule has 0 aromatic heterocycles. The van der Waals surface area contributed by atoms with Crippen molar-refractivity contribution in [2.24, 2.45) is 0 Å². The van der Waals surface area contributed by atoms with E-state index >= 15 is 0 Å². The van der Waals surface area contributed by atoms with Gasteiger partial charge < -0.3 is 20.5 Å². The zero-order valence-electron chi connectivity index (χ0n) is 11.2. The minimum absolute atomic E-state index is 0.00643. The molecule has 1 aromatic carbocycles. The van der Waals surface area contributed by atoms with Crippen LogP contribution in [0.4, 0.5) is 5.69 Å². The Hall–Kier alpha value is -0.960. The standard InChI is InChI=1S/C13H14Br2N2O4/c1-21-7-4-10(16-5-7)12(18)17-11-8(13(19)20)2-6(14)3-9(11)15/h2-3,7,10,16H,4-5H2,1H3,(H,17,18)(H,19,20). The third kappa shape index (κ3) is 3.82. The van der Waals surface area contributed by atoms with Crippen LogP contribution in [-0.4, -0.2) is 42.8 Å². The zero-order chi connectivity index (χ0) is 15.6. The van der Waals surface area contributed by atoms with E-state index in [-0.39, 0.29) is 23.3 Å². The fraction of sp³-hybridized carbons (Fsp3) is 0.385. The number of amides is 1. The van der Waals surface area contributed by atoms with Crippen molar-refractivity contribution in [2.45, 2.75) is 18.6 Å². The Morgan fingerprint density at radius 1 is 1.43 bits per heavy atom. The van der Waals surface area contributed by atoms with Crippen LogP contribution >= 0.6 is 31.9 Å². The van der Waals surface area contributed by atoms with Gasteiger partial charge in [0.05, 0.1) is 23.4 Å². The van der Waals surface area contributed by atoms with Crippen molar-refractivity contribution < 1.29 is 19.4 Å². The van der Waals surface area contributed by atoms with Gasteiger partial charge in [0.25, 0.3) is 0 Å². The Bertz CT molecular complexity index is 580. The average Bonchev–Trinajstić information content (AvgIpc) is 2.90. The summed E-state index contributed by atoms with van der Waals surface area (Å²) < 4.78 is 6.31. The fourth-order valence-corrected chi connectivity index (χ4v) is 3.49. The van der Waals surface area contributed by atoms with Crippen molar-refractivity contribution >= 4 is 49.4 Å². The van der Waals surface area contributed by atoms with Crippen molar-refractivity contribution in [1.29, 1.82) is 0 Å². The normalized spacial score (nSPS) is 21.3. The summed E-state index contributed by atoms with van der Waals surface area (Å²) in [7, 11) is 1.60. The predicted octanol–water partition coefficient (Wildman–Crippen LogP) is 2.23. The molecule has 0 radical (unpaired) electrons. The van der Waals surface area contributed by atoms with Crippen LogP contribution in [0, 0.1) is 0 Å². The highest BCUT2D eigenvalue weighted by atomic mass is 79.9. The van der Waals surface area contributed by atoms with Crippen LogP contribution in [0.15, 0.2) is 21.1 Å². The van der Waals surface area contributed by atoms with Crippen LogP contribution in [-0.2, 0) is 9.53 Å². The van der Waals surface area contributed by atoms with Gasteiger partial charge in [0, 0.05) is 22.6 Å². The molecule has 21 heavy (non-hydrogen) atoms. The zero-order valence-corrected chi connectivity index (χ0v) is 14.3. The summed E-state index contributed by atoms with van der Waals surface area (Å²) in [5.74, 6) is -1.39. The second-order valence-corrected chi connectivity index (χ2v) is 6.43. The molecule has 114 valence electrons. The molecule has 0 aliphatic carbocycles. The van der Waals surface area contributed by atoms with E-state index < -0.39 is 12.0 Å². The monoisotopic (exact) mass is 420 g/mol. The lowest BCUT2D eigenvalue weighted by atomic mass is 10.1. The van der Waals surface area contributed by atoms with E-state index in [1.807, 2.05) is 0 Å². The third-order valence-corrected chi connectivity index (χ3v) is 4.36. The molecule has 3 N–H and O–H groups in total. The molecule has 6 nitrogen and oxygen atoms in total. The highest BCUT2D eigenvalue weighted by Crippen LogP contribution is 2.31. The van der Waals surface area contributed by atoms with Gasteiger partial charge in [-0.15, -0.1) is 0 Å². The number of halogens is 2. The molecule has 1 heterocycles. The molecule has 0 saturated carbocycles. The highest BCUT2D eigenvalue weighted by Gasteiger charge is 2.30. The number of ether oxygens (including phenoxy) is 1. The highest BCUT2D eigenvalue weighted by molar-refractivity contribution is 9.11. The molecule has 1 fully saturated rings. The molecule has 1 saturated heterocycles. The third-order valence-electron chi connectivity index (χ3n) is 3.27. The van der Waals surface area contributed by atoms with Crippen molar-refractivity contribution in [2.75, 3.05) is 19.0 Å². The number of methoxy groups -OCH3 is 1. The number of hydrogen-bond acceptors (Lipinski definition) is 4. The maximum atomic E-state index is 12.2. The maximum Gasteiger partial charge on any atom is 0.337 e. The Kier molecular flexibility index (Phi) is 5.37. The molecular weight excluding hydrogens is 408 g/mol. The number of rotatable bonds is 4. The number of benzene rings is 1. The molecule has 0 bridgehead atoms. The Morgan fingerprint density at radius 3 is 2.71 bits per heavy atom. The Morgan fingerprint density at radius 2 is 2.14 bits per heavy atom. The average molecular weight is 422 g/mol. The smallest absolute Gasteiger partial charge is 0.337 e. The number of carbonyl (C=O) groups excluding carboxylic acids is 1. The molecule has 1 aliphatic rings. The Labute approximate surface area is 138 Å². The summed E-state index contributed by atoms with van der Waals surface area (Å²) in [6, 6.07) is 2.73. The van der Waals surface area contributed by atoms with Gasteiger partial charge in [0.15, 0.2) is 0 Å². The topological polar surface area (TPSA) is 87.7 Å². The van der Waals surface area contributed by atoms with Crippen LogP contribution in [0.2, 0.25) is 0 Å². The van der Waals surface area contributed by atoms with Crippen molar-refractivity contribution in [3.63, 3.8) is 0 Å². The summed E-state index contributed by atoms with van der Waals surface area (Å²) in [5, 5.41) is 15.0. The fourth-order valence-electron chi connectivity index (χ4n) is 2.16. The minimum atomic E-state index is -1.11. The van der Waals surface area contributed by atoms with Gasteiger partial charge in [-0.1, -0.05) is 15.9 Å². The maximum absolute atomic E-state index is 12.2. The second kappa shape index (κ2) is 6.87. The largest absolute Gasteiger partial charge is 0.478 e. The van der Waals surface area contributed by atoms with E-state index in [0.29, 0.717) is 21.9 Å². The lowest BCUT2D eigenvalue weighted by Crippen LogP contribution is -2.36. The first-order valence-electron chi connectivity index (χ1n) is 6.21. The first kappa shape index (κ1) is 16.4.